The van der Waals surface area contributed by atoms with Crippen molar-refractivity contribution in [1.29, 1.82) is 0 Å². The number of thiophene rings is 1. The molecule has 0 aliphatic carbocycles. The molecule has 11 heteroatoms. The quantitative estimate of drug-likeness (QED) is 0.206. The molecule has 3 aromatic rings. The summed E-state index contributed by atoms with van der Waals surface area (Å²) in [6, 6.07) is 16.9. The molecule has 0 spiro atoms. The Labute approximate surface area is 260 Å². The highest BCUT2D eigenvalue weighted by molar-refractivity contribution is 8.00. The summed E-state index contributed by atoms with van der Waals surface area (Å²) in [6.45, 7) is 8.03. The smallest absolute Gasteiger partial charge is 0.410 e. The van der Waals surface area contributed by atoms with Crippen LogP contribution in [-0.2, 0) is 38.4 Å². The Morgan fingerprint density at radius 2 is 1.79 bits per heavy atom. The van der Waals surface area contributed by atoms with Crippen LogP contribution >= 0.6 is 23.1 Å². The predicted octanol–water partition coefficient (Wildman–Crippen LogP) is 6.52. The first-order chi connectivity index (χ1) is 20.5. The number of rotatable bonds is 9. The highest BCUT2D eigenvalue weighted by Gasteiger charge is 2.33. The first kappa shape index (κ1) is 32.1. The number of methoxy groups -OCH3 is 1. The number of carbonyl (C=O) groups is 4. The van der Waals surface area contributed by atoms with E-state index in [1.807, 2.05) is 82.3 Å². The Morgan fingerprint density at radius 1 is 1.05 bits per heavy atom. The maximum Gasteiger partial charge on any atom is 0.410 e. The predicted molar refractivity (Wildman–Crippen MR) is 170 cm³/mol. The Bertz CT molecular complexity index is 1480. The molecule has 0 fully saturated rings. The third-order valence-corrected chi connectivity index (χ3v) is 9.09. The first-order valence-corrected chi connectivity index (χ1v) is 15.8. The van der Waals surface area contributed by atoms with E-state index >= 15 is 0 Å². The number of benzene rings is 2. The Morgan fingerprint density at radius 3 is 2.47 bits per heavy atom. The third-order valence-electron chi connectivity index (χ3n) is 6.60. The normalized spacial score (nSPS) is 13.5. The molecule has 1 atom stereocenters. The van der Waals surface area contributed by atoms with Crippen LogP contribution in [-0.4, -0.2) is 53.3 Å². The fourth-order valence-electron chi connectivity index (χ4n) is 4.60. The van der Waals surface area contributed by atoms with Crippen molar-refractivity contribution < 1.29 is 28.7 Å². The number of hydrogen-bond acceptors (Lipinski definition) is 8. The molecule has 0 saturated carbocycles. The summed E-state index contributed by atoms with van der Waals surface area (Å²) in [5, 5.41) is 5.84. The van der Waals surface area contributed by atoms with E-state index in [4.69, 9.17) is 9.47 Å². The summed E-state index contributed by atoms with van der Waals surface area (Å²) in [7, 11) is 1.31. The van der Waals surface area contributed by atoms with Gasteiger partial charge in [-0.1, -0.05) is 43.3 Å². The Hall–Kier alpha value is -3.83. The SMILES string of the molecule is CCC(Sc1cccc(NC(=O)Cc2ccccc2)c1)C(=O)Nc1sc2c(c1C(=O)OC)CCN(C(=O)OC(C)(C)C)C2. The number of nitrogens with zero attached hydrogens (tertiary/aromatic N) is 1. The first-order valence-electron chi connectivity index (χ1n) is 14.1. The average molecular weight is 624 g/mol. The van der Waals surface area contributed by atoms with Gasteiger partial charge in [0.15, 0.2) is 0 Å². The zero-order chi connectivity index (χ0) is 31.1. The van der Waals surface area contributed by atoms with Crippen LogP contribution in [0.3, 0.4) is 0 Å². The molecule has 1 aromatic heterocycles. The second kappa shape index (κ2) is 14.1. The average Bonchev–Trinajstić information content (AvgIpc) is 3.32. The summed E-state index contributed by atoms with van der Waals surface area (Å²) in [6.07, 6.45) is 0.825. The molecule has 43 heavy (non-hydrogen) atoms. The molecule has 3 amide bonds. The second-order valence-electron chi connectivity index (χ2n) is 11.1. The minimum absolute atomic E-state index is 0.125. The van der Waals surface area contributed by atoms with Crippen LogP contribution in [0.1, 0.15) is 60.5 Å². The number of fused-ring (bicyclic) bond motifs is 1. The van der Waals surface area contributed by atoms with Gasteiger partial charge >= 0.3 is 12.1 Å². The lowest BCUT2D eigenvalue weighted by atomic mass is 10.0. The van der Waals surface area contributed by atoms with Gasteiger partial charge in [0, 0.05) is 22.0 Å². The largest absolute Gasteiger partial charge is 0.465 e. The summed E-state index contributed by atoms with van der Waals surface area (Å²) < 4.78 is 10.6. The van der Waals surface area contributed by atoms with Gasteiger partial charge < -0.3 is 25.0 Å². The van der Waals surface area contributed by atoms with E-state index in [1.54, 1.807) is 4.90 Å². The monoisotopic (exact) mass is 623 g/mol. The number of amides is 3. The van der Waals surface area contributed by atoms with Gasteiger partial charge in [0.2, 0.25) is 11.8 Å². The van der Waals surface area contributed by atoms with Gasteiger partial charge in [-0.2, -0.15) is 0 Å². The van der Waals surface area contributed by atoms with Crippen LogP contribution in [0.4, 0.5) is 15.5 Å². The van der Waals surface area contributed by atoms with Crippen LogP contribution in [0, 0.1) is 0 Å². The van der Waals surface area contributed by atoms with Crippen molar-refractivity contribution in [3.8, 4) is 0 Å². The number of esters is 1. The van der Waals surface area contributed by atoms with Crippen molar-refractivity contribution in [3.05, 3.63) is 76.2 Å². The van der Waals surface area contributed by atoms with E-state index < -0.39 is 22.9 Å². The fourth-order valence-corrected chi connectivity index (χ4v) is 6.87. The molecule has 1 aliphatic rings. The van der Waals surface area contributed by atoms with Gasteiger partial charge in [-0.05, 0) is 62.9 Å². The summed E-state index contributed by atoms with van der Waals surface area (Å²) in [5.74, 6) is -0.905. The molecule has 2 heterocycles. The van der Waals surface area contributed by atoms with Crippen LogP contribution < -0.4 is 10.6 Å². The third kappa shape index (κ3) is 8.61. The van der Waals surface area contributed by atoms with Gasteiger partial charge in [0.05, 0.1) is 30.9 Å². The van der Waals surface area contributed by atoms with Crippen LogP contribution in [0.2, 0.25) is 0 Å². The van der Waals surface area contributed by atoms with Crippen molar-refractivity contribution in [2.24, 2.45) is 0 Å². The fraction of sp³-hybridized carbons (Fsp3) is 0.375. The lowest BCUT2D eigenvalue weighted by Crippen LogP contribution is -2.39. The van der Waals surface area contributed by atoms with E-state index in [9.17, 15) is 19.2 Å². The molecule has 0 bridgehead atoms. The van der Waals surface area contributed by atoms with E-state index in [2.05, 4.69) is 10.6 Å². The minimum atomic E-state index is -0.622. The highest BCUT2D eigenvalue weighted by Crippen LogP contribution is 2.39. The van der Waals surface area contributed by atoms with E-state index in [0.29, 0.717) is 35.6 Å². The molecule has 2 aromatic carbocycles. The lowest BCUT2D eigenvalue weighted by Gasteiger charge is -2.30. The number of carbonyl (C=O) groups excluding carboxylic acids is 4. The Balaban J connectivity index is 1.45. The molecule has 228 valence electrons. The number of anilines is 2. The van der Waals surface area contributed by atoms with Crippen LogP contribution in [0.15, 0.2) is 59.5 Å². The van der Waals surface area contributed by atoms with Gasteiger partial charge in [-0.25, -0.2) is 9.59 Å². The molecular formula is C32H37N3O6S2. The van der Waals surface area contributed by atoms with Crippen molar-refractivity contribution >= 4 is 57.7 Å². The number of ether oxygens (including phenoxy) is 2. The van der Waals surface area contributed by atoms with E-state index in [0.717, 1.165) is 20.9 Å². The number of hydrogen-bond donors (Lipinski definition) is 2. The Kier molecular flexibility index (Phi) is 10.5. The molecule has 0 saturated heterocycles. The van der Waals surface area contributed by atoms with Crippen molar-refractivity contribution in [2.45, 2.75) is 69.2 Å². The zero-order valence-electron chi connectivity index (χ0n) is 25.0. The number of nitrogens with one attached hydrogen (secondary N) is 2. The summed E-state index contributed by atoms with van der Waals surface area (Å²) >= 11 is 2.66. The summed E-state index contributed by atoms with van der Waals surface area (Å²) in [4.78, 5) is 54.8. The van der Waals surface area contributed by atoms with Gasteiger partial charge in [0.25, 0.3) is 0 Å². The van der Waals surface area contributed by atoms with Gasteiger partial charge in [-0.3, -0.25) is 9.59 Å². The van der Waals surface area contributed by atoms with Gasteiger partial charge in [0.1, 0.15) is 10.6 Å². The van der Waals surface area contributed by atoms with E-state index in [1.165, 1.54) is 30.2 Å². The van der Waals surface area contributed by atoms with Crippen molar-refractivity contribution in [1.82, 2.24) is 4.90 Å². The molecule has 0 radical (unpaired) electrons. The van der Waals surface area contributed by atoms with E-state index in [-0.39, 0.29) is 24.8 Å². The minimum Gasteiger partial charge on any atom is -0.465 e. The highest BCUT2D eigenvalue weighted by atomic mass is 32.2. The molecule has 2 N–H and O–H groups in total. The van der Waals surface area contributed by atoms with Crippen LogP contribution in [0.5, 0.6) is 0 Å². The van der Waals surface area contributed by atoms with Crippen molar-refractivity contribution in [3.63, 3.8) is 0 Å². The molecular weight excluding hydrogens is 587 g/mol. The van der Waals surface area contributed by atoms with Crippen LogP contribution in [0.25, 0.3) is 0 Å². The topological polar surface area (TPSA) is 114 Å². The second-order valence-corrected chi connectivity index (χ2v) is 13.5. The van der Waals surface area contributed by atoms with Gasteiger partial charge in [-0.15, -0.1) is 23.1 Å². The van der Waals surface area contributed by atoms with Crippen molar-refractivity contribution in [2.75, 3.05) is 24.3 Å². The maximum atomic E-state index is 13.5. The standard InChI is InChI=1S/C32H37N3O6S2/c1-6-24(42-22-14-10-13-21(18-22)33-26(36)17-20-11-8-7-9-12-20)28(37)34-29-27(30(38)40-5)23-15-16-35(19-25(23)43-29)31(39)41-32(2,3)4/h7-14,18,24H,6,15-17,19H2,1-5H3,(H,33,36)(H,34,37). The molecule has 1 unspecified atom stereocenters. The number of thioether (sulfide) groups is 1. The molecule has 1 aliphatic heterocycles. The summed E-state index contributed by atoms with van der Waals surface area (Å²) in [5.41, 5.74) is 2.07. The molecule has 9 nitrogen and oxygen atoms in total. The zero-order valence-corrected chi connectivity index (χ0v) is 26.7. The lowest BCUT2D eigenvalue weighted by molar-refractivity contribution is -0.116. The maximum absolute atomic E-state index is 13.5. The molecule has 4 rings (SSSR count).